The lowest BCUT2D eigenvalue weighted by molar-refractivity contribution is -0.172. The number of nitrogens with zero attached hydrogens (tertiary/aromatic N) is 2. The first-order valence-corrected chi connectivity index (χ1v) is 5.81. The van der Waals surface area contributed by atoms with E-state index in [1.807, 2.05) is 13.8 Å². The van der Waals surface area contributed by atoms with Gasteiger partial charge in [-0.2, -0.15) is 13.2 Å². The van der Waals surface area contributed by atoms with Crippen LogP contribution >= 0.6 is 0 Å². The normalized spacial score (nSPS) is 11.9. The molecule has 0 saturated heterocycles. The molecule has 5 nitrogen and oxygen atoms in total. The molecule has 0 saturated carbocycles. The number of hydrogen-bond donors (Lipinski definition) is 2. The minimum atomic E-state index is -4.30. The van der Waals surface area contributed by atoms with Gasteiger partial charge < -0.3 is 15.8 Å². The van der Waals surface area contributed by atoms with Crippen LogP contribution in [-0.4, -0.2) is 35.9 Å². The van der Waals surface area contributed by atoms with E-state index in [4.69, 9.17) is 5.73 Å². The molecule has 1 rings (SSSR count). The van der Waals surface area contributed by atoms with Crippen molar-refractivity contribution >= 4 is 11.6 Å². The predicted molar refractivity (Wildman–Crippen MR) is 65.9 cm³/mol. The van der Waals surface area contributed by atoms with Gasteiger partial charge in [-0.3, -0.25) is 0 Å². The van der Waals surface area contributed by atoms with Crippen LogP contribution in [0, 0.1) is 0 Å². The van der Waals surface area contributed by atoms with Gasteiger partial charge in [0.2, 0.25) is 0 Å². The molecule has 1 aromatic heterocycles. The number of nitrogens with two attached hydrogens (primary N) is 1. The Morgan fingerprint density at radius 3 is 2.63 bits per heavy atom. The van der Waals surface area contributed by atoms with Crippen molar-refractivity contribution in [1.82, 2.24) is 9.97 Å². The average Bonchev–Trinajstić information content (AvgIpc) is 2.26. The van der Waals surface area contributed by atoms with Crippen LogP contribution in [0.3, 0.4) is 0 Å². The summed E-state index contributed by atoms with van der Waals surface area (Å²) in [5.74, 6) is 1.49. The Labute approximate surface area is 109 Å². The SMILES string of the molecule is CC(C)c1nc(N)cc(NCCOCC(F)(F)F)n1. The molecule has 0 fully saturated rings. The van der Waals surface area contributed by atoms with Crippen molar-refractivity contribution in [3.63, 3.8) is 0 Å². The van der Waals surface area contributed by atoms with E-state index in [-0.39, 0.29) is 19.1 Å². The van der Waals surface area contributed by atoms with Crippen LogP contribution in [-0.2, 0) is 4.74 Å². The molecule has 0 radical (unpaired) electrons. The monoisotopic (exact) mass is 278 g/mol. The third-order valence-electron chi connectivity index (χ3n) is 2.10. The third-order valence-corrected chi connectivity index (χ3v) is 2.10. The minimum absolute atomic E-state index is 0.0690. The molecule has 0 unspecified atom stereocenters. The van der Waals surface area contributed by atoms with Crippen LogP contribution < -0.4 is 11.1 Å². The smallest absolute Gasteiger partial charge is 0.384 e. The predicted octanol–water partition coefficient (Wildman–Crippen LogP) is 2.17. The summed E-state index contributed by atoms with van der Waals surface area (Å²) in [4.78, 5) is 8.26. The van der Waals surface area contributed by atoms with Gasteiger partial charge in [0.25, 0.3) is 0 Å². The lowest BCUT2D eigenvalue weighted by Crippen LogP contribution is -2.20. The Hall–Kier alpha value is -1.57. The number of hydrogen-bond acceptors (Lipinski definition) is 5. The molecule has 0 aliphatic rings. The van der Waals surface area contributed by atoms with Crippen LogP contribution in [0.5, 0.6) is 0 Å². The topological polar surface area (TPSA) is 73.1 Å². The van der Waals surface area contributed by atoms with E-state index in [0.717, 1.165) is 0 Å². The maximum Gasteiger partial charge on any atom is 0.411 e. The highest BCUT2D eigenvalue weighted by molar-refractivity contribution is 5.44. The quantitative estimate of drug-likeness (QED) is 0.780. The van der Waals surface area contributed by atoms with Crippen LogP contribution in [0.1, 0.15) is 25.6 Å². The molecule has 0 aromatic carbocycles. The highest BCUT2D eigenvalue weighted by atomic mass is 19.4. The summed E-state index contributed by atoms with van der Waals surface area (Å²) >= 11 is 0. The molecule has 108 valence electrons. The second-order valence-corrected chi connectivity index (χ2v) is 4.29. The summed E-state index contributed by atoms with van der Waals surface area (Å²) in [6, 6.07) is 1.52. The van der Waals surface area contributed by atoms with E-state index < -0.39 is 12.8 Å². The Kier molecular flexibility index (Phi) is 5.34. The molecule has 0 bridgehead atoms. The lowest BCUT2D eigenvalue weighted by atomic mass is 10.2. The third kappa shape index (κ3) is 6.23. The molecule has 0 spiro atoms. The maximum absolute atomic E-state index is 11.8. The summed E-state index contributed by atoms with van der Waals surface area (Å²) < 4.78 is 39.9. The van der Waals surface area contributed by atoms with Crippen molar-refractivity contribution < 1.29 is 17.9 Å². The summed E-state index contributed by atoms with van der Waals surface area (Å²) in [5, 5.41) is 2.84. The highest BCUT2D eigenvalue weighted by Gasteiger charge is 2.27. The number of aromatic nitrogens is 2. The van der Waals surface area contributed by atoms with Crippen molar-refractivity contribution in [3.05, 3.63) is 11.9 Å². The van der Waals surface area contributed by atoms with E-state index in [9.17, 15) is 13.2 Å². The molecule has 0 amide bonds. The molecule has 19 heavy (non-hydrogen) atoms. The Bertz CT molecular complexity index is 409. The van der Waals surface area contributed by atoms with Crippen molar-refractivity contribution in [1.29, 1.82) is 0 Å². The van der Waals surface area contributed by atoms with Gasteiger partial charge in [0.05, 0.1) is 6.61 Å². The highest BCUT2D eigenvalue weighted by Crippen LogP contribution is 2.15. The van der Waals surface area contributed by atoms with Gasteiger partial charge in [0.1, 0.15) is 24.1 Å². The maximum atomic E-state index is 11.8. The first-order valence-electron chi connectivity index (χ1n) is 5.81. The van der Waals surface area contributed by atoms with Gasteiger partial charge in [-0.05, 0) is 0 Å². The summed E-state index contributed by atoms with van der Waals surface area (Å²) in [6.07, 6.45) is -4.30. The second-order valence-electron chi connectivity index (χ2n) is 4.29. The number of rotatable bonds is 6. The molecule has 1 aromatic rings. The molecule has 3 N–H and O–H groups in total. The summed E-state index contributed by atoms with van der Waals surface area (Å²) in [6.45, 7) is 2.73. The molecular formula is C11H17F3N4O. The van der Waals surface area contributed by atoms with Crippen molar-refractivity contribution in [2.24, 2.45) is 0 Å². The number of halogens is 3. The van der Waals surface area contributed by atoms with Crippen molar-refractivity contribution in [2.45, 2.75) is 25.9 Å². The first-order chi connectivity index (χ1) is 8.78. The Morgan fingerprint density at radius 2 is 2.05 bits per heavy atom. The second kappa shape index (κ2) is 6.55. The zero-order valence-electron chi connectivity index (χ0n) is 10.8. The van der Waals surface area contributed by atoms with Gasteiger partial charge in [0, 0.05) is 18.5 Å². The van der Waals surface area contributed by atoms with Gasteiger partial charge in [-0.15, -0.1) is 0 Å². The van der Waals surface area contributed by atoms with Gasteiger partial charge in [-0.1, -0.05) is 13.8 Å². The van der Waals surface area contributed by atoms with Crippen molar-refractivity contribution in [3.8, 4) is 0 Å². The fourth-order valence-electron chi connectivity index (χ4n) is 1.27. The van der Waals surface area contributed by atoms with Crippen LogP contribution in [0.2, 0.25) is 0 Å². The van der Waals surface area contributed by atoms with Crippen molar-refractivity contribution in [2.75, 3.05) is 30.8 Å². The Morgan fingerprint density at radius 1 is 1.37 bits per heavy atom. The van der Waals surface area contributed by atoms with Crippen LogP contribution in [0.4, 0.5) is 24.8 Å². The zero-order chi connectivity index (χ0) is 14.5. The van der Waals surface area contributed by atoms with E-state index >= 15 is 0 Å². The summed E-state index contributed by atoms with van der Waals surface area (Å²) in [5.41, 5.74) is 5.61. The van der Waals surface area contributed by atoms with Gasteiger partial charge >= 0.3 is 6.18 Å². The minimum Gasteiger partial charge on any atom is -0.384 e. The first kappa shape index (κ1) is 15.5. The number of ether oxygens (including phenoxy) is 1. The van der Waals surface area contributed by atoms with E-state index in [2.05, 4.69) is 20.0 Å². The fourth-order valence-corrected chi connectivity index (χ4v) is 1.27. The number of nitrogen functional groups attached to an aromatic ring is 1. The Balaban J connectivity index is 2.41. The lowest BCUT2D eigenvalue weighted by Gasteiger charge is -2.11. The molecule has 0 aliphatic heterocycles. The largest absolute Gasteiger partial charge is 0.411 e. The van der Waals surface area contributed by atoms with Crippen LogP contribution in [0.25, 0.3) is 0 Å². The molecule has 0 atom stereocenters. The molecule has 8 heteroatoms. The average molecular weight is 278 g/mol. The molecule has 1 heterocycles. The van der Waals surface area contributed by atoms with Crippen LogP contribution in [0.15, 0.2) is 6.07 Å². The molecular weight excluding hydrogens is 261 g/mol. The van der Waals surface area contributed by atoms with E-state index in [0.29, 0.717) is 17.5 Å². The number of anilines is 2. The number of alkyl halides is 3. The fraction of sp³-hybridized carbons (Fsp3) is 0.636. The zero-order valence-corrected chi connectivity index (χ0v) is 10.8. The van der Waals surface area contributed by atoms with Gasteiger partial charge in [-0.25, -0.2) is 9.97 Å². The molecule has 0 aliphatic carbocycles. The summed E-state index contributed by atoms with van der Waals surface area (Å²) in [7, 11) is 0. The van der Waals surface area contributed by atoms with E-state index in [1.54, 1.807) is 0 Å². The van der Waals surface area contributed by atoms with E-state index in [1.165, 1.54) is 6.07 Å². The standard InChI is InChI=1S/C11H17F3N4O/c1-7(2)10-17-8(15)5-9(18-10)16-3-4-19-6-11(12,13)14/h5,7H,3-4,6H2,1-2H3,(H3,15,16,17,18). The number of nitrogens with one attached hydrogen (secondary N) is 1. The van der Waals surface area contributed by atoms with Gasteiger partial charge in [0.15, 0.2) is 0 Å².